The molecule has 0 aromatic heterocycles. The Morgan fingerprint density at radius 2 is 1.73 bits per heavy atom. The number of sulfone groups is 1. The number of hydrogen-bond acceptors (Lipinski definition) is 6. The van der Waals surface area contributed by atoms with Crippen LogP contribution in [0.4, 0.5) is 0 Å². The van der Waals surface area contributed by atoms with Gasteiger partial charge in [0.25, 0.3) is 0 Å². The van der Waals surface area contributed by atoms with Crippen LogP contribution >= 0.6 is 0 Å². The second-order valence-electron chi connectivity index (χ2n) is 10.7. The molecule has 0 bridgehead atoms. The molecule has 8 nitrogen and oxygen atoms in total. The number of sulfonamides is 1. The Morgan fingerprint density at radius 1 is 1.05 bits per heavy atom. The van der Waals surface area contributed by atoms with Gasteiger partial charge < -0.3 is 10.4 Å². The van der Waals surface area contributed by atoms with E-state index in [-0.39, 0.29) is 4.90 Å². The molecule has 0 spiro atoms. The molecule has 37 heavy (non-hydrogen) atoms. The summed E-state index contributed by atoms with van der Waals surface area (Å²) in [5, 5.41) is 15.3. The Hall–Kier alpha value is -2.01. The highest BCUT2D eigenvalue weighted by molar-refractivity contribution is 7.91. The Morgan fingerprint density at radius 3 is 2.38 bits per heavy atom. The third-order valence-electron chi connectivity index (χ3n) is 7.54. The first-order valence-corrected chi connectivity index (χ1v) is 16.5. The van der Waals surface area contributed by atoms with E-state index in [2.05, 4.69) is 23.9 Å². The summed E-state index contributed by atoms with van der Waals surface area (Å²) in [5.41, 5.74) is 0. The first-order chi connectivity index (χ1) is 17.3. The molecule has 1 unspecified atom stereocenters. The number of amides is 1. The number of carbonyl (C=O) groups excluding carboxylic acids is 1. The van der Waals surface area contributed by atoms with Gasteiger partial charge in [0.05, 0.1) is 29.0 Å². The molecule has 2 aromatic rings. The summed E-state index contributed by atoms with van der Waals surface area (Å²) in [6.07, 6.45) is 4.32. The van der Waals surface area contributed by atoms with E-state index >= 15 is 0 Å². The van der Waals surface area contributed by atoms with E-state index in [4.69, 9.17) is 0 Å². The van der Waals surface area contributed by atoms with Gasteiger partial charge in [0, 0.05) is 0 Å². The number of carbonyl (C=O) groups is 1. The summed E-state index contributed by atoms with van der Waals surface area (Å²) in [7, 11) is -7.91. The maximum Gasteiger partial charge on any atom is 0.239 e. The average Bonchev–Trinajstić information content (AvgIpc) is 2.82. The first kappa shape index (κ1) is 29.5. The van der Waals surface area contributed by atoms with Crippen LogP contribution in [0.5, 0.6) is 0 Å². The topological polar surface area (TPSA) is 130 Å². The highest BCUT2D eigenvalue weighted by Crippen LogP contribution is 2.36. The van der Waals surface area contributed by atoms with E-state index in [9.17, 15) is 26.7 Å². The zero-order valence-corrected chi connectivity index (χ0v) is 23.7. The Labute approximate surface area is 221 Å². The maximum atomic E-state index is 13.2. The fourth-order valence-electron chi connectivity index (χ4n) is 5.30. The molecule has 3 rings (SSSR count). The van der Waals surface area contributed by atoms with Gasteiger partial charge in [-0.05, 0) is 59.9 Å². The standard InChI is InChI=1S/C27H40N2O6S2/c1-5-24(26(30)16-22-14-18(2)10-11-19(22)3)28-27(31)25(29-36(4,32)33)17-37(34,35)23-13-12-20-8-6-7-9-21(20)15-23/h6-9,12-13,15,18-19,22,24-26,29-30H,5,10-11,14,16-17H2,1-4H3,(H,28,31)/t18-,19+,22?,24-,25+,26+/m0/s1. The molecule has 1 amide bonds. The second kappa shape index (κ2) is 12.2. The van der Waals surface area contributed by atoms with Crippen LogP contribution in [0.25, 0.3) is 10.8 Å². The number of aliphatic hydroxyl groups is 1. The van der Waals surface area contributed by atoms with Crippen molar-refractivity contribution in [2.24, 2.45) is 17.8 Å². The molecule has 206 valence electrons. The molecule has 0 saturated heterocycles. The quantitative estimate of drug-likeness (QED) is 0.392. The molecule has 10 heteroatoms. The van der Waals surface area contributed by atoms with E-state index in [0.717, 1.165) is 29.9 Å². The highest BCUT2D eigenvalue weighted by Gasteiger charge is 2.34. The van der Waals surface area contributed by atoms with E-state index in [0.29, 0.717) is 30.6 Å². The van der Waals surface area contributed by atoms with Crippen LogP contribution in [-0.2, 0) is 24.7 Å². The molecule has 1 aliphatic carbocycles. The molecule has 1 saturated carbocycles. The number of rotatable bonds is 11. The third kappa shape index (κ3) is 8.24. The molecule has 6 atom stereocenters. The summed E-state index contributed by atoms with van der Waals surface area (Å²) in [6.45, 7) is 6.22. The van der Waals surface area contributed by atoms with Crippen LogP contribution in [0.1, 0.15) is 52.9 Å². The fourth-order valence-corrected chi connectivity index (χ4v) is 7.57. The molecule has 1 fully saturated rings. The molecular formula is C27H40N2O6S2. The van der Waals surface area contributed by atoms with Crippen molar-refractivity contribution in [1.29, 1.82) is 0 Å². The zero-order chi connectivity index (χ0) is 27.4. The van der Waals surface area contributed by atoms with Crippen LogP contribution in [0, 0.1) is 17.8 Å². The molecule has 0 aliphatic heterocycles. The van der Waals surface area contributed by atoms with E-state index in [1.54, 1.807) is 18.2 Å². The van der Waals surface area contributed by atoms with Gasteiger partial charge in [-0.15, -0.1) is 0 Å². The monoisotopic (exact) mass is 552 g/mol. The Balaban J connectivity index is 1.77. The lowest BCUT2D eigenvalue weighted by atomic mass is 9.73. The second-order valence-corrected chi connectivity index (χ2v) is 14.5. The average molecular weight is 553 g/mol. The van der Waals surface area contributed by atoms with Crippen molar-refractivity contribution in [1.82, 2.24) is 10.0 Å². The highest BCUT2D eigenvalue weighted by atomic mass is 32.2. The van der Waals surface area contributed by atoms with Crippen molar-refractivity contribution in [3.63, 3.8) is 0 Å². The van der Waals surface area contributed by atoms with Crippen LogP contribution in [0.2, 0.25) is 0 Å². The predicted molar refractivity (Wildman–Crippen MR) is 146 cm³/mol. The zero-order valence-electron chi connectivity index (χ0n) is 22.1. The van der Waals surface area contributed by atoms with Crippen molar-refractivity contribution in [3.8, 4) is 0 Å². The van der Waals surface area contributed by atoms with Crippen LogP contribution < -0.4 is 10.0 Å². The number of hydrogen-bond donors (Lipinski definition) is 3. The number of nitrogens with one attached hydrogen (secondary N) is 2. The molecule has 0 heterocycles. The maximum absolute atomic E-state index is 13.2. The van der Waals surface area contributed by atoms with Crippen molar-refractivity contribution < 1.29 is 26.7 Å². The van der Waals surface area contributed by atoms with Crippen LogP contribution in [0.15, 0.2) is 47.4 Å². The smallest absolute Gasteiger partial charge is 0.239 e. The van der Waals surface area contributed by atoms with Gasteiger partial charge in [-0.25, -0.2) is 21.6 Å². The van der Waals surface area contributed by atoms with E-state index in [1.165, 1.54) is 18.6 Å². The van der Waals surface area contributed by atoms with Gasteiger partial charge in [-0.2, -0.15) is 0 Å². The lowest BCUT2D eigenvalue weighted by Gasteiger charge is -2.36. The lowest BCUT2D eigenvalue weighted by molar-refractivity contribution is -0.124. The van der Waals surface area contributed by atoms with Gasteiger partial charge in [-0.3, -0.25) is 4.79 Å². The van der Waals surface area contributed by atoms with Crippen molar-refractivity contribution in [3.05, 3.63) is 42.5 Å². The Kier molecular flexibility index (Phi) is 9.77. The van der Waals surface area contributed by atoms with Gasteiger partial charge in [-0.1, -0.05) is 63.9 Å². The third-order valence-corrected chi connectivity index (χ3v) is 10.00. The molecule has 0 radical (unpaired) electrons. The molecule has 2 aromatic carbocycles. The summed E-state index contributed by atoms with van der Waals surface area (Å²) in [5.74, 6) is -0.111. The largest absolute Gasteiger partial charge is 0.391 e. The van der Waals surface area contributed by atoms with Gasteiger partial charge in [0.1, 0.15) is 6.04 Å². The summed E-state index contributed by atoms with van der Waals surface area (Å²) >= 11 is 0. The van der Waals surface area contributed by atoms with Crippen LogP contribution in [-0.4, -0.2) is 58.0 Å². The van der Waals surface area contributed by atoms with E-state index in [1.807, 2.05) is 19.1 Å². The van der Waals surface area contributed by atoms with Gasteiger partial charge in [0.15, 0.2) is 9.84 Å². The van der Waals surface area contributed by atoms with Gasteiger partial charge >= 0.3 is 0 Å². The minimum atomic E-state index is -4.02. The number of benzene rings is 2. The van der Waals surface area contributed by atoms with E-state index < -0.39 is 49.7 Å². The van der Waals surface area contributed by atoms with Gasteiger partial charge in [0.2, 0.25) is 15.9 Å². The molecule has 1 aliphatic rings. The summed E-state index contributed by atoms with van der Waals surface area (Å²) < 4.78 is 52.7. The van der Waals surface area contributed by atoms with Crippen LogP contribution in [0.3, 0.4) is 0 Å². The van der Waals surface area contributed by atoms with Crippen molar-refractivity contribution in [2.45, 2.75) is 76.0 Å². The number of fused-ring (bicyclic) bond motifs is 1. The summed E-state index contributed by atoms with van der Waals surface area (Å²) in [4.78, 5) is 13.2. The summed E-state index contributed by atoms with van der Waals surface area (Å²) in [6, 6.07) is 9.78. The normalized spacial score (nSPS) is 23.3. The van der Waals surface area contributed by atoms with Crippen molar-refractivity contribution in [2.75, 3.05) is 12.0 Å². The minimum absolute atomic E-state index is 0.00628. The predicted octanol–water partition coefficient (Wildman–Crippen LogP) is 3.25. The molecule has 3 N–H and O–H groups in total. The van der Waals surface area contributed by atoms with Crippen molar-refractivity contribution >= 4 is 36.5 Å². The first-order valence-electron chi connectivity index (χ1n) is 13.0. The minimum Gasteiger partial charge on any atom is -0.391 e. The fraction of sp³-hybridized carbons (Fsp3) is 0.593. The number of aliphatic hydroxyl groups excluding tert-OH is 1. The SMILES string of the molecule is CC[C@H](NC(=O)[C@@H](CS(=O)(=O)c1ccc2ccccc2c1)NS(C)(=O)=O)[C@H](O)CC1C[C@@H](C)CC[C@H]1C. The Bertz CT molecular complexity index is 1290. The lowest BCUT2D eigenvalue weighted by Crippen LogP contribution is -2.54. The molecular weight excluding hydrogens is 512 g/mol.